The van der Waals surface area contributed by atoms with Crippen molar-refractivity contribution in [2.24, 2.45) is 7.05 Å². The molecule has 11 heteroatoms. The minimum atomic E-state index is -0.221. The summed E-state index contributed by atoms with van der Waals surface area (Å²) in [6, 6.07) is 9.21. The molecule has 0 saturated carbocycles. The number of likely N-dealkylation sites (tertiary alicyclic amines) is 2. The molecule has 0 radical (unpaired) electrons. The maximum absolute atomic E-state index is 11.7. The highest BCUT2D eigenvalue weighted by atomic mass is 16.6. The molecule has 0 unspecified atom stereocenters. The topological polar surface area (TPSA) is 63.1 Å². The first-order valence-corrected chi connectivity index (χ1v) is 20.2. The van der Waals surface area contributed by atoms with Gasteiger partial charge in [0.25, 0.3) is 0 Å². The highest BCUT2D eigenvalue weighted by Gasteiger charge is 2.18. The summed E-state index contributed by atoms with van der Waals surface area (Å²) in [4.78, 5) is 27.5. The van der Waals surface area contributed by atoms with Crippen LogP contribution in [-0.2, 0) is 11.8 Å². The molecule has 0 spiro atoms. The van der Waals surface area contributed by atoms with Gasteiger partial charge < -0.3 is 48.3 Å². The van der Waals surface area contributed by atoms with Gasteiger partial charge in [0.05, 0.1) is 13.2 Å². The summed E-state index contributed by atoms with van der Waals surface area (Å²) in [6.45, 7) is 22.4. The Kier molecular flexibility index (Phi) is 24.6. The van der Waals surface area contributed by atoms with Crippen LogP contribution in [0.3, 0.4) is 0 Å². The Morgan fingerprint density at radius 3 is 1.15 bits per heavy atom. The Morgan fingerprint density at radius 1 is 0.491 bits per heavy atom. The van der Waals surface area contributed by atoms with Crippen LogP contribution in [0.25, 0.3) is 0 Å². The Morgan fingerprint density at radius 2 is 0.849 bits per heavy atom. The molecule has 5 aliphatic rings. The van der Waals surface area contributed by atoms with Gasteiger partial charge in [0.15, 0.2) is 0 Å². The highest BCUT2D eigenvalue weighted by molar-refractivity contribution is 5.70. The number of aryl methyl sites for hydroxylation is 3. The number of benzene rings is 1. The van der Waals surface area contributed by atoms with Gasteiger partial charge in [-0.2, -0.15) is 0 Å². The third kappa shape index (κ3) is 23.1. The van der Waals surface area contributed by atoms with Crippen LogP contribution in [0.4, 0.5) is 4.79 Å². The number of para-hydroxylation sites is 1. The molecule has 0 atom stereocenters. The van der Waals surface area contributed by atoms with Crippen LogP contribution in [0, 0.1) is 13.8 Å². The first-order chi connectivity index (χ1) is 25.4. The third-order valence-electron chi connectivity index (χ3n) is 10.2. The lowest BCUT2D eigenvalue weighted by Crippen LogP contribution is -2.42. The van der Waals surface area contributed by atoms with Gasteiger partial charge in [-0.05, 0) is 125 Å². The van der Waals surface area contributed by atoms with E-state index in [0.717, 1.165) is 52.2 Å². The molecule has 6 heterocycles. The monoisotopic (exact) mass is 743 g/mol. The predicted octanol–water partition coefficient (Wildman–Crippen LogP) is 5.09. The quantitative estimate of drug-likeness (QED) is 0.398. The molecule has 1 aromatic carbocycles. The molecule has 5 saturated heterocycles. The number of aromatic nitrogens is 1. The number of piperidine rings is 2. The van der Waals surface area contributed by atoms with Crippen molar-refractivity contribution >= 4 is 6.09 Å². The number of rotatable bonds is 1. The number of piperazine rings is 2. The molecule has 0 aliphatic carbocycles. The fourth-order valence-electron chi connectivity index (χ4n) is 6.10. The SMILES string of the molecule is CN1CCCCC1.CN1CCN(C)CC1.CN1CCN(C)CC1.CN1CCOCC1.Cc1cn(C)cc1C.O=C(Oc1ccccc1)N1CCCCC1. The highest BCUT2D eigenvalue weighted by Crippen LogP contribution is 2.14. The standard InChI is InChI=1S/C12H15NO2.C7H11N.2C6H14N2.C6H13N.C5H11NO/c14-12(13-9-5-2-6-10-13)15-11-7-3-1-4-8-11;1-6-4-8(3)5-7(6)2;2*1-7-3-5-8(2)6-4-7;1-7-5-3-2-4-6-7;1-6-2-4-7-5-3-6/h1,3-4,7-8H,2,5-6,9-10H2;4-5H,1-3H3;2*3-6H2,1-2H3;2-6H2,1H3;2-5H2,1H3. The number of amides is 1. The second-order valence-electron chi connectivity index (χ2n) is 15.5. The van der Waals surface area contributed by atoms with Crippen molar-refractivity contribution in [3.8, 4) is 5.75 Å². The molecule has 11 nitrogen and oxygen atoms in total. The second kappa shape index (κ2) is 28.0. The van der Waals surface area contributed by atoms with Crippen LogP contribution in [0.15, 0.2) is 42.7 Å². The molecule has 5 aliphatic heterocycles. The van der Waals surface area contributed by atoms with E-state index in [1.807, 2.05) is 25.2 Å². The molecule has 53 heavy (non-hydrogen) atoms. The lowest BCUT2D eigenvalue weighted by molar-refractivity contribution is 0.0503. The van der Waals surface area contributed by atoms with Crippen molar-refractivity contribution < 1.29 is 14.3 Å². The van der Waals surface area contributed by atoms with Crippen LogP contribution in [0.5, 0.6) is 5.75 Å². The minimum absolute atomic E-state index is 0.221. The summed E-state index contributed by atoms with van der Waals surface area (Å²) < 4.78 is 12.4. The summed E-state index contributed by atoms with van der Waals surface area (Å²) in [5, 5.41) is 0. The minimum Gasteiger partial charge on any atom is -0.410 e. The lowest BCUT2D eigenvalue weighted by Gasteiger charge is -2.28. The Bertz CT molecular complexity index is 1090. The van der Waals surface area contributed by atoms with Crippen molar-refractivity contribution in [2.45, 2.75) is 52.4 Å². The van der Waals surface area contributed by atoms with Crippen LogP contribution >= 0.6 is 0 Å². The van der Waals surface area contributed by atoms with Crippen LogP contribution < -0.4 is 4.74 Å². The molecule has 7 rings (SSSR count). The second-order valence-corrected chi connectivity index (χ2v) is 15.5. The normalized spacial score (nSPS) is 20.7. The maximum atomic E-state index is 11.7. The zero-order valence-corrected chi connectivity index (χ0v) is 35.4. The zero-order chi connectivity index (χ0) is 38.8. The number of hydrogen-bond acceptors (Lipinski definition) is 9. The molecular formula is C42H78N8O3. The number of hydrogen-bond donors (Lipinski definition) is 0. The van der Waals surface area contributed by atoms with Crippen molar-refractivity contribution in [3.63, 3.8) is 0 Å². The molecule has 304 valence electrons. The largest absolute Gasteiger partial charge is 0.415 e. The van der Waals surface area contributed by atoms with E-state index in [4.69, 9.17) is 9.47 Å². The van der Waals surface area contributed by atoms with Crippen molar-refractivity contribution in [1.29, 1.82) is 0 Å². The van der Waals surface area contributed by atoms with Crippen LogP contribution in [-0.4, -0.2) is 192 Å². The van der Waals surface area contributed by atoms with Gasteiger partial charge in [-0.15, -0.1) is 0 Å². The number of morpholine rings is 1. The third-order valence-corrected chi connectivity index (χ3v) is 10.2. The number of carbonyl (C=O) groups is 1. The maximum Gasteiger partial charge on any atom is 0.415 e. The molecule has 1 aromatic heterocycles. The first kappa shape index (κ1) is 46.6. The number of ether oxygens (including phenoxy) is 2. The molecule has 2 aromatic rings. The molecule has 0 bridgehead atoms. The molecule has 5 fully saturated rings. The van der Waals surface area contributed by atoms with E-state index in [9.17, 15) is 4.79 Å². The predicted molar refractivity (Wildman–Crippen MR) is 222 cm³/mol. The van der Waals surface area contributed by atoms with E-state index in [2.05, 4.69) is 102 Å². The molecule has 1 amide bonds. The van der Waals surface area contributed by atoms with Crippen molar-refractivity contribution in [1.82, 2.24) is 38.9 Å². The molecular weight excluding hydrogens is 665 g/mol. The van der Waals surface area contributed by atoms with Gasteiger partial charge in [0, 0.05) is 98.0 Å². The van der Waals surface area contributed by atoms with E-state index in [0.29, 0.717) is 5.75 Å². The van der Waals surface area contributed by atoms with Crippen molar-refractivity contribution in [2.75, 3.05) is 147 Å². The van der Waals surface area contributed by atoms with Crippen LogP contribution in [0.2, 0.25) is 0 Å². The van der Waals surface area contributed by atoms with Crippen LogP contribution in [0.1, 0.15) is 49.7 Å². The average molecular weight is 743 g/mol. The summed E-state index contributed by atoms with van der Waals surface area (Å²) in [5.41, 5.74) is 2.74. The van der Waals surface area contributed by atoms with E-state index in [-0.39, 0.29) is 6.09 Å². The van der Waals surface area contributed by atoms with Gasteiger partial charge in [-0.1, -0.05) is 24.6 Å². The zero-order valence-electron chi connectivity index (χ0n) is 35.4. The summed E-state index contributed by atoms with van der Waals surface area (Å²) >= 11 is 0. The summed E-state index contributed by atoms with van der Waals surface area (Å²) in [7, 11) is 15.0. The Labute approximate surface area is 324 Å². The smallest absolute Gasteiger partial charge is 0.410 e. The number of nitrogens with zero attached hydrogens (tertiary/aromatic N) is 8. The number of likely N-dealkylation sites (N-methyl/N-ethyl adjacent to an activating group) is 5. The fraction of sp³-hybridized carbons (Fsp3) is 0.738. The van der Waals surface area contributed by atoms with E-state index >= 15 is 0 Å². The van der Waals surface area contributed by atoms with E-state index in [1.165, 1.54) is 102 Å². The Balaban J connectivity index is 0.000000227. The van der Waals surface area contributed by atoms with Gasteiger partial charge >= 0.3 is 6.09 Å². The fourth-order valence-corrected chi connectivity index (χ4v) is 6.10. The lowest BCUT2D eigenvalue weighted by atomic mass is 10.1. The Hall–Kier alpha value is -2.51. The van der Waals surface area contributed by atoms with E-state index < -0.39 is 0 Å². The average Bonchev–Trinajstić information content (AvgIpc) is 3.47. The number of carbonyl (C=O) groups excluding carboxylic acids is 1. The van der Waals surface area contributed by atoms with Gasteiger partial charge in [0.2, 0.25) is 0 Å². The van der Waals surface area contributed by atoms with Gasteiger partial charge in [-0.25, -0.2) is 4.79 Å². The molecule has 0 N–H and O–H groups in total. The summed E-state index contributed by atoms with van der Waals surface area (Å²) in [6.07, 6.45) is 11.7. The first-order valence-electron chi connectivity index (χ1n) is 20.2. The van der Waals surface area contributed by atoms with Gasteiger partial charge in [0.1, 0.15) is 5.75 Å². The van der Waals surface area contributed by atoms with Crippen molar-refractivity contribution in [3.05, 3.63) is 53.9 Å². The van der Waals surface area contributed by atoms with E-state index in [1.54, 1.807) is 17.0 Å². The summed E-state index contributed by atoms with van der Waals surface area (Å²) in [5.74, 6) is 0.619. The van der Waals surface area contributed by atoms with Gasteiger partial charge in [-0.3, -0.25) is 0 Å².